The second-order valence-electron chi connectivity index (χ2n) is 4.56. The number of amides is 1. The highest BCUT2D eigenvalue weighted by Gasteiger charge is 2.08. The zero-order valence-corrected chi connectivity index (χ0v) is 12.9. The Morgan fingerprint density at radius 2 is 2.14 bits per heavy atom. The van der Waals surface area contributed by atoms with Gasteiger partial charge in [-0.3, -0.25) is 4.79 Å². The Hall–Kier alpha value is -1.85. The number of carbonyl (C=O) groups is 2. The lowest BCUT2D eigenvalue weighted by molar-refractivity contribution is -0.131. The number of benzene rings is 1. The molecule has 0 saturated heterocycles. The van der Waals surface area contributed by atoms with Crippen LogP contribution in [0.25, 0.3) is 6.08 Å². The summed E-state index contributed by atoms with van der Waals surface area (Å²) in [5.41, 5.74) is 1.01. The van der Waals surface area contributed by atoms with Crippen molar-refractivity contribution in [1.82, 2.24) is 10.2 Å². The molecule has 2 N–H and O–H groups in total. The normalized spacial score (nSPS) is 11.0. The van der Waals surface area contributed by atoms with Gasteiger partial charge in [0.15, 0.2) is 0 Å². The Bertz CT molecular complexity index is 544. The summed E-state index contributed by atoms with van der Waals surface area (Å²) in [7, 11) is 1.98. The van der Waals surface area contributed by atoms with Crippen LogP contribution in [0.5, 0.6) is 0 Å². The quantitative estimate of drug-likeness (QED) is 0.757. The number of nitrogens with zero attached hydrogens (tertiary/aromatic N) is 1. The summed E-state index contributed by atoms with van der Waals surface area (Å²) < 4.78 is 0. The van der Waals surface area contributed by atoms with E-state index in [1.165, 1.54) is 12.1 Å². The van der Waals surface area contributed by atoms with Crippen molar-refractivity contribution >= 4 is 29.6 Å². The van der Waals surface area contributed by atoms with Gasteiger partial charge in [0.05, 0.1) is 0 Å². The molecule has 0 spiro atoms. The molecule has 0 saturated carbocycles. The first-order chi connectivity index (χ1) is 9.93. The molecule has 0 aliphatic carbocycles. The van der Waals surface area contributed by atoms with E-state index in [4.69, 9.17) is 16.7 Å². The van der Waals surface area contributed by atoms with Crippen LogP contribution in [-0.4, -0.2) is 48.6 Å². The van der Waals surface area contributed by atoms with Crippen molar-refractivity contribution in [3.05, 3.63) is 40.4 Å². The molecule has 1 amide bonds. The number of rotatable bonds is 7. The first kappa shape index (κ1) is 17.2. The Morgan fingerprint density at radius 1 is 1.43 bits per heavy atom. The standard InChI is InChI=1S/C15H19ClN2O3/c1-3-18(2)9-8-17-15(21)12-5-4-11(13(16)10-12)6-7-14(19)20/h4-7,10H,3,8-9H2,1-2H3,(H,17,21)(H,19,20)/b7-6+. The maximum Gasteiger partial charge on any atom is 0.328 e. The molecular weight excluding hydrogens is 292 g/mol. The minimum absolute atomic E-state index is 0.199. The number of nitrogens with one attached hydrogen (secondary N) is 1. The average molecular weight is 311 g/mol. The van der Waals surface area contributed by atoms with E-state index in [-0.39, 0.29) is 5.91 Å². The number of halogens is 1. The number of carboxylic acid groups (broad SMARTS) is 1. The Morgan fingerprint density at radius 3 is 2.71 bits per heavy atom. The largest absolute Gasteiger partial charge is 0.478 e. The van der Waals surface area contributed by atoms with Gasteiger partial charge in [0.1, 0.15) is 0 Å². The van der Waals surface area contributed by atoms with Crippen LogP contribution in [0.15, 0.2) is 24.3 Å². The van der Waals surface area contributed by atoms with E-state index in [1.54, 1.807) is 12.1 Å². The van der Waals surface area contributed by atoms with Gasteiger partial charge in [-0.1, -0.05) is 24.6 Å². The van der Waals surface area contributed by atoms with E-state index < -0.39 is 5.97 Å². The van der Waals surface area contributed by atoms with Crippen LogP contribution in [0, 0.1) is 0 Å². The van der Waals surface area contributed by atoms with E-state index in [0.29, 0.717) is 22.7 Å². The summed E-state index contributed by atoms with van der Waals surface area (Å²) in [6, 6.07) is 4.77. The molecule has 0 unspecified atom stereocenters. The Kier molecular flexibility index (Phi) is 6.91. The van der Waals surface area contributed by atoms with Gasteiger partial charge >= 0.3 is 5.97 Å². The fraction of sp³-hybridized carbons (Fsp3) is 0.333. The summed E-state index contributed by atoms with van der Waals surface area (Å²) in [4.78, 5) is 24.5. The molecule has 0 aliphatic rings. The number of likely N-dealkylation sites (N-methyl/N-ethyl adjacent to an activating group) is 1. The van der Waals surface area contributed by atoms with Crippen LogP contribution >= 0.6 is 11.6 Å². The van der Waals surface area contributed by atoms with Gasteiger partial charge < -0.3 is 15.3 Å². The fourth-order valence-corrected chi connectivity index (χ4v) is 1.83. The van der Waals surface area contributed by atoms with Crippen molar-refractivity contribution in [2.45, 2.75) is 6.92 Å². The van der Waals surface area contributed by atoms with Gasteiger partial charge in [0.25, 0.3) is 5.91 Å². The Labute approximate surface area is 129 Å². The molecule has 0 aromatic heterocycles. The van der Waals surface area contributed by atoms with Crippen molar-refractivity contribution in [2.75, 3.05) is 26.7 Å². The van der Waals surface area contributed by atoms with Gasteiger partial charge in [0.2, 0.25) is 0 Å². The molecule has 0 fully saturated rings. The fourth-order valence-electron chi connectivity index (χ4n) is 1.59. The maximum atomic E-state index is 11.9. The molecule has 0 heterocycles. The van der Waals surface area contributed by atoms with Gasteiger partial charge in [-0.05, 0) is 37.4 Å². The van der Waals surface area contributed by atoms with Crippen LogP contribution in [0.3, 0.4) is 0 Å². The van der Waals surface area contributed by atoms with Crippen LogP contribution in [0.1, 0.15) is 22.8 Å². The lowest BCUT2D eigenvalue weighted by atomic mass is 10.1. The van der Waals surface area contributed by atoms with Crippen LogP contribution < -0.4 is 5.32 Å². The number of carboxylic acids is 1. The third-order valence-electron chi connectivity index (χ3n) is 2.99. The summed E-state index contributed by atoms with van der Waals surface area (Å²) in [6.45, 7) is 4.30. The molecule has 1 rings (SSSR count). The first-order valence-electron chi connectivity index (χ1n) is 6.61. The average Bonchev–Trinajstić information content (AvgIpc) is 2.45. The molecule has 1 aromatic carbocycles. The summed E-state index contributed by atoms with van der Waals surface area (Å²) in [5.74, 6) is -1.25. The minimum atomic E-state index is -1.05. The van der Waals surface area contributed by atoms with Gasteiger partial charge in [-0.15, -0.1) is 0 Å². The molecule has 0 atom stereocenters. The van der Waals surface area contributed by atoms with Crippen molar-refractivity contribution < 1.29 is 14.7 Å². The minimum Gasteiger partial charge on any atom is -0.478 e. The number of carbonyl (C=O) groups excluding carboxylic acids is 1. The van der Waals surface area contributed by atoms with Crippen molar-refractivity contribution in [2.24, 2.45) is 0 Å². The third-order valence-corrected chi connectivity index (χ3v) is 3.31. The second kappa shape index (κ2) is 8.44. The van der Waals surface area contributed by atoms with Crippen molar-refractivity contribution in [1.29, 1.82) is 0 Å². The van der Waals surface area contributed by atoms with E-state index in [2.05, 4.69) is 10.2 Å². The van der Waals surface area contributed by atoms with Gasteiger partial charge in [-0.2, -0.15) is 0 Å². The van der Waals surface area contributed by atoms with Gasteiger partial charge in [-0.25, -0.2) is 4.79 Å². The smallest absolute Gasteiger partial charge is 0.328 e. The summed E-state index contributed by atoms with van der Waals surface area (Å²) in [5, 5.41) is 11.7. The lowest BCUT2D eigenvalue weighted by Gasteiger charge is -2.14. The predicted molar refractivity (Wildman–Crippen MR) is 83.6 cm³/mol. The molecule has 6 heteroatoms. The zero-order valence-electron chi connectivity index (χ0n) is 12.1. The summed E-state index contributed by atoms with van der Waals surface area (Å²) >= 11 is 6.03. The number of aliphatic carboxylic acids is 1. The third kappa shape index (κ3) is 5.97. The number of hydrogen-bond donors (Lipinski definition) is 2. The highest BCUT2D eigenvalue weighted by atomic mass is 35.5. The molecule has 0 aliphatic heterocycles. The van der Waals surface area contributed by atoms with Crippen molar-refractivity contribution in [3.63, 3.8) is 0 Å². The topological polar surface area (TPSA) is 69.6 Å². The molecule has 1 aromatic rings. The van der Waals surface area contributed by atoms with E-state index in [1.807, 2.05) is 14.0 Å². The first-order valence-corrected chi connectivity index (χ1v) is 6.99. The molecule has 0 radical (unpaired) electrons. The van der Waals surface area contributed by atoms with Crippen LogP contribution in [-0.2, 0) is 4.79 Å². The molecule has 114 valence electrons. The highest BCUT2D eigenvalue weighted by Crippen LogP contribution is 2.19. The second-order valence-corrected chi connectivity index (χ2v) is 4.97. The van der Waals surface area contributed by atoms with Crippen LogP contribution in [0.2, 0.25) is 5.02 Å². The zero-order chi connectivity index (χ0) is 15.8. The molecule has 5 nitrogen and oxygen atoms in total. The molecular formula is C15H19ClN2O3. The highest BCUT2D eigenvalue weighted by molar-refractivity contribution is 6.32. The summed E-state index contributed by atoms with van der Waals surface area (Å²) in [6.07, 6.45) is 2.39. The monoisotopic (exact) mass is 310 g/mol. The lowest BCUT2D eigenvalue weighted by Crippen LogP contribution is -2.32. The molecule has 21 heavy (non-hydrogen) atoms. The molecule has 0 bridgehead atoms. The van der Waals surface area contributed by atoms with Gasteiger partial charge in [0, 0.05) is 29.8 Å². The van der Waals surface area contributed by atoms with Crippen molar-refractivity contribution in [3.8, 4) is 0 Å². The van der Waals surface area contributed by atoms with E-state index in [0.717, 1.165) is 19.2 Å². The Balaban J connectivity index is 2.66. The van der Waals surface area contributed by atoms with E-state index >= 15 is 0 Å². The number of hydrogen-bond acceptors (Lipinski definition) is 3. The maximum absolute atomic E-state index is 11.9. The SMILES string of the molecule is CCN(C)CCNC(=O)c1ccc(/C=C/C(=O)O)c(Cl)c1. The predicted octanol–water partition coefficient (Wildman–Crippen LogP) is 2.12. The van der Waals surface area contributed by atoms with E-state index in [9.17, 15) is 9.59 Å². The van der Waals surface area contributed by atoms with Crippen LogP contribution in [0.4, 0.5) is 0 Å².